The van der Waals surface area contributed by atoms with Crippen LogP contribution in [0.15, 0.2) is 24.3 Å². The van der Waals surface area contributed by atoms with Crippen LogP contribution in [0.5, 0.6) is 0 Å². The molecule has 0 heterocycles. The molecule has 1 N–H and O–H groups in total. The molecule has 0 atom stereocenters. The van der Waals surface area contributed by atoms with E-state index in [0.29, 0.717) is 5.75 Å². The van der Waals surface area contributed by atoms with Crippen LogP contribution in [0, 0.1) is 5.41 Å². The molecule has 1 rings (SSSR count). The molecule has 0 radical (unpaired) electrons. The molecule has 0 aliphatic carbocycles. The predicted octanol–water partition coefficient (Wildman–Crippen LogP) is 4.90. The van der Waals surface area contributed by atoms with Crippen molar-refractivity contribution in [1.82, 2.24) is 5.32 Å². The van der Waals surface area contributed by atoms with E-state index in [1.807, 2.05) is 24.3 Å². The Bertz CT molecular complexity index is 463. The zero-order valence-electron chi connectivity index (χ0n) is 13.6. The fourth-order valence-corrected chi connectivity index (χ4v) is 3.54. The average Bonchev–Trinajstić information content (AvgIpc) is 2.27. The lowest BCUT2D eigenvalue weighted by Crippen LogP contribution is -2.46. The van der Waals surface area contributed by atoms with Crippen LogP contribution >= 0.6 is 23.4 Å². The van der Waals surface area contributed by atoms with Gasteiger partial charge in [0.25, 0.3) is 0 Å². The number of halogens is 1. The minimum absolute atomic E-state index is 0.100. The van der Waals surface area contributed by atoms with Crippen molar-refractivity contribution in [2.75, 3.05) is 5.75 Å². The summed E-state index contributed by atoms with van der Waals surface area (Å²) in [6, 6.07) is 7.75. The van der Waals surface area contributed by atoms with E-state index in [0.717, 1.165) is 17.2 Å². The number of benzene rings is 1. The van der Waals surface area contributed by atoms with Crippen molar-refractivity contribution in [3.8, 4) is 0 Å². The normalized spacial score (nSPS) is 12.3. The van der Waals surface area contributed by atoms with Crippen LogP contribution in [0.25, 0.3) is 0 Å². The first kappa shape index (κ1) is 18.4. The summed E-state index contributed by atoms with van der Waals surface area (Å²) in [6.45, 7) is 10.7. The first-order chi connectivity index (χ1) is 9.57. The fourth-order valence-electron chi connectivity index (χ4n) is 2.63. The maximum atomic E-state index is 12.0. The van der Waals surface area contributed by atoms with Crippen molar-refractivity contribution in [3.05, 3.63) is 34.9 Å². The first-order valence-corrected chi connectivity index (χ1v) is 8.74. The molecule has 4 heteroatoms. The highest BCUT2D eigenvalue weighted by Gasteiger charge is 2.26. The SMILES string of the molecule is CC(C)(C)CC(C)(C)NC(=O)CSCc1ccc(Cl)cc1. The number of rotatable bonds is 6. The number of hydrogen-bond donors (Lipinski definition) is 1. The third-order valence-electron chi connectivity index (χ3n) is 2.87. The Hall–Kier alpha value is -0.670. The van der Waals surface area contributed by atoms with Gasteiger partial charge in [-0.1, -0.05) is 44.5 Å². The number of hydrogen-bond acceptors (Lipinski definition) is 2. The Labute approximate surface area is 138 Å². The molecule has 0 aromatic heterocycles. The Morgan fingerprint density at radius 2 is 1.71 bits per heavy atom. The lowest BCUT2D eigenvalue weighted by Gasteiger charge is -2.33. The van der Waals surface area contributed by atoms with E-state index in [1.54, 1.807) is 11.8 Å². The lowest BCUT2D eigenvalue weighted by molar-refractivity contribution is -0.120. The van der Waals surface area contributed by atoms with Crippen LogP contribution in [0.2, 0.25) is 5.02 Å². The van der Waals surface area contributed by atoms with Crippen LogP contribution in [0.1, 0.15) is 46.6 Å². The molecule has 21 heavy (non-hydrogen) atoms. The molecule has 2 nitrogen and oxygen atoms in total. The third kappa shape index (κ3) is 8.37. The maximum absolute atomic E-state index is 12.0. The molecule has 0 unspecified atom stereocenters. The highest BCUT2D eigenvalue weighted by atomic mass is 35.5. The molecular formula is C17H26ClNOS. The van der Waals surface area contributed by atoms with E-state index in [2.05, 4.69) is 39.9 Å². The number of nitrogens with one attached hydrogen (secondary N) is 1. The van der Waals surface area contributed by atoms with Crippen LogP contribution < -0.4 is 5.32 Å². The highest BCUT2D eigenvalue weighted by molar-refractivity contribution is 7.99. The Morgan fingerprint density at radius 3 is 2.24 bits per heavy atom. The summed E-state index contributed by atoms with van der Waals surface area (Å²) in [5.41, 5.74) is 1.22. The molecule has 0 aliphatic rings. The van der Waals surface area contributed by atoms with Gasteiger partial charge >= 0.3 is 0 Å². The molecule has 1 aromatic carbocycles. The minimum atomic E-state index is -0.170. The molecule has 118 valence electrons. The van der Waals surface area contributed by atoms with E-state index in [9.17, 15) is 4.79 Å². The second-order valence-electron chi connectivity index (χ2n) is 7.29. The number of carbonyl (C=O) groups is 1. The third-order valence-corrected chi connectivity index (χ3v) is 4.12. The smallest absolute Gasteiger partial charge is 0.230 e. The summed E-state index contributed by atoms with van der Waals surface area (Å²) in [5, 5.41) is 3.87. The standard InChI is InChI=1S/C17H26ClNOS/c1-16(2,3)12-17(4,5)19-15(20)11-21-10-13-6-8-14(18)9-7-13/h6-9H,10-12H2,1-5H3,(H,19,20). The summed E-state index contributed by atoms with van der Waals surface area (Å²) < 4.78 is 0. The Kier molecular flexibility index (Phi) is 6.61. The summed E-state index contributed by atoms with van der Waals surface area (Å²) in [4.78, 5) is 12.0. The van der Waals surface area contributed by atoms with Gasteiger partial charge in [-0.15, -0.1) is 11.8 Å². The van der Waals surface area contributed by atoms with Crippen LogP contribution in [0.3, 0.4) is 0 Å². The van der Waals surface area contributed by atoms with Gasteiger partial charge in [0.15, 0.2) is 0 Å². The van der Waals surface area contributed by atoms with Crippen molar-refractivity contribution in [1.29, 1.82) is 0 Å². The Balaban J connectivity index is 2.35. The average molecular weight is 328 g/mol. The quantitative estimate of drug-likeness (QED) is 0.804. The van der Waals surface area contributed by atoms with E-state index in [4.69, 9.17) is 11.6 Å². The van der Waals surface area contributed by atoms with Gasteiger partial charge in [-0.2, -0.15) is 0 Å². The lowest BCUT2D eigenvalue weighted by atomic mass is 9.82. The predicted molar refractivity (Wildman–Crippen MR) is 93.9 cm³/mol. The molecule has 1 amide bonds. The van der Waals surface area contributed by atoms with Gasteiger partial charge in [-0.05, 0) is 43.4 Å². The summed E-state index contributed by atoms with van der Waals surface area (Å²) in [5.74, 6) is 1.41. The fraction of sp³-hybridized carbons (Fsp3) is 0.588. The largest absolute Gasteiger partial charge is 0.350 e. The van der Waals surface area contributed by atoms with Crippen LogP contribution in [-0.4, -0.2) is 17.2 Å². The van der Waals surface area contributed by atoms with E-state index in [-0.39, 0.29) is 16.9 Å². The highest BCUT2D eigenvalue weighted by Crippen LogP contribution is 2.26. The van der Waals surface area contributed by atoms with Gasteiger partial charge in [0, 0.05) is 16.3 Å². The van der Waals surface area contributed by atoms with Gasteiger partial charge in [0.2, 0.25) is 5.91 Å². The number of thioether (sulfide) groups is 1. The van der Waals surface area contributed by atoms with E-state index in [1.165, 1.54) is 5.56 Å². The van der Waals surface area contributed by atoms with E-state index < -0.39 is 0 Å². The van der Waals surface area contributed by atoms with Gasteiger partial charge in [0.05, 0.1) is 5.75 Å². The zero-order chi connectivity index (χ0) is 16.1. The van der Waals surface area contributed by atoms with Gasteiger partial charge in [-0.25, -0.2) is 0 Å². The molecular weight excluding hydrogens is 302 g/mol. The number of carbonyl (C=O) groups excluding carboxylic acids is 1. The second kappa shape index (κ2) is 7.55. The van der Waals surface area contributed by atoms with Gasteiger partial charge < -0.3 is 5.32 Å². The topological polar surface area (TPSA) is 29.1 Å². The molecule has 0 aliphatic heterocycles. The van der Waals surface area contributed by atoms with Crippen LogP contribution in [0.4, 0.5) is 0 Å². The molecule has 0 saturated heterocycles. The summed E-state index contributed by atoms with van der Waals surface area (Å²) >= 11 is 7.47. The van der Waals surface area contributed by atoms with Gasteiger partial charge in [0.1, 0.15) is 0 Å². The molecule has 0 fully saturated rings. The molecule has 0 spiro atoms. The first-order valence-electron chi connectivity index (χ1n) is 7.21. The van der Waals surface area contributed by atoms with Crippen molar-refractivity contribution in [3.63, 3.8) is 0 Å². The summed E-state index contributed by atoms with van der Waals surface area (Å²) in [7, 11) is 0. The maximum Gasteiger partial charge on any atom is 0.230 e. The molecule has 0 saturated carbocycles. The number of amides is 1. The van der Waals surface area contributed by atoms with Crippen molar-refractivity contribution < 1.29 is 4.79 Å². The monoisotopic (exact) mass is 327 g/mol. The molecule has 0 bridgehead atoms. The van der Waals surface area contributed by atoms with Crippen molar-refractivity contribution >= 4 is 29.3 Å². The van der Waals surface area contributed by atoms with Crippen molar-refractivity contribution in [2.24, 2.45) is 5.41 Å². The van der Waals surface area contributed by atoms with Crippen LogP contribution in [-0.2, 0) is 10.5 Å². The second-order valence-corrected chi connectivity index (χ2v) is 8.71. The van der Waals surface area contributed by atoms with E-state index >= 15 is 0 Å². The minimum Gasteiger partial charge on any atom is -0.350 e. The molecule has 1 aromatic rings. The Morgan fingerprint density at radius 1 is 1.14 bits per heavy atom. The zero-order valence-corrected chi connectivity index (χ0v) is 15.2. The van der Waals surface area contributed by atoms with Crippen molar-refractivity contribution in [2.45, 2.75) is 52.3 Å². The summed E-state index contributed by atoms with van der Waals surface area (Å²) in [6.07, 6.45) is 0.952. The van der Waals surface area contributed by atoms with Gasteiger partial charge in [-0.3, -0.25) is 4.79 Å².